The van der Waals surface area contributed by atoms with Crippen molar-refractivity contribution in [3.63, 3.8) is 0 Å². The van der Waals surface area contributed by atoms with Crippen LogP contribution in [-0.2, 0) is 24.4 Å². The van der Waals surface area contributed by atoms with Crippen LogP contribution in [0.15, 0.2) is 54.7 Å². The van der Waals surface area contributed by atoms with Gasteiger partial charge in [0.25, 0.3) is 0 Å². The third kappa shape index (κ3) is 3.23. The van der Waals surface area contributed by atoms with Crippen molar-refractivity contribution in [1.82, 2.24) is 14.5 Å². The van der Waals surface area contributed by atoms with Crippen molar-refractivity contribution >= 4 is 0 Å². The summed E-state index contributed by atoms with van der Waals surface area (Å²) in [5.41, 5.74) is 2.58. The standard InChI is InChI=1S/C22H21F2N3O/c23-18-6-4-16(5-7-18)12-26-9-8-22(14-26)15-27-20(11-25-21(27)13-28-22)17-2-1-3-19(24)10-17/h1-7,10-11H,8-9,12-15H2/t22-/m1/s1. The smallest absolute Gasteiger partial charge is 0.135 e. The molecule has 3 heterocycles. The number of halogens is 2. The van der Waals surface area contributed by atoms with E-state index in [9.17, 15) is 8.78 Å². The van der Waals surface area contributed by atoms with Crippen LogP contribution in [0.1, 0.15) is 17.8 Å². The molecule has 0 N–H and O–H groups in total. The fourth-order valence-corrected chi connectivity index (χ4v) is 4.29. The molecule has 6 heteroatoms. The van der Waals surface area contributed by atoms with Crippen molar-refractivity contribution in [2.24, 2.45) is 0 Å². The van der Waals surface area contributed by atoms with Gasteiger partial charge in [0.15, 0.2) is 0 Å². The van der Waals surface area contributed by atoms with Gasteiger partial charge in [0, 0.05) is 25.2 Å². The fourth-order valence-electron chi connectivity index (χ4n) is 4.29. The van der Waals surface area contributed by atoms with E-state index < -0.39 is 0 Å². The number of hydrogen-bond donors (Lipinski definition) is 0. The van der Waals surface area contributed by atoms with Crippen molar-refractivity contribution in [2.45, 2.75) is 31.7 Å². The minimum Gasteiger partial charge on any atom is -0.364 e. The van der Waals surface area contributed by atoms with E-state index >= 15 is 0 Å². The summed E-state index contributed by atoms with van der Waals surface area (Å²) >= 11 is 0. The quantitative estimate of drug-likeness (QED) is 0.687. The van der Waals surface area contributed by atoms with Gasteiger partial charge in [0.05, 0.1) is 18.4 Å². The summed E-state index contributed by atoms with van der Waals surface area (Å²) in [5, 5.41) is 0. The molecule has 1 fully saturated rings. The maximum absolute atomic E-state index is 13.7. The number of hydrogen-bond acceptors (Lipinski definition) is 3. The Morgan fingerprint density at radius 2 is 1.89 bits per heavy atom. The van der Waals surface area contributed by atoms with Crippen molar-refractivity contribution in [1.29, 1.82) is 0 Å². The van der Waals surface area contributed by atoms with Gasteiger partial charge in [-0.2, -0.15) is 0 Å². The van der Waals surface area contributed by atoms with E-state index in [1.54, 1.807) is 18.3 Å². The lowest BCUT2D eigenvalue weighted by atomic mass is 10.0. The zero-order chi connectivity index (χ0) is 19.1. The first kappa shape index (κ1) is 17.5. The SMILES string of the molecule is Fc1ccc(CN2CC[C@@]3(C2)Cn2c(-c4cccc(F)c4)cnc2CO3)cc1. The molecule has 28 heavy (non-hydrogen) atoms. The Hall–Kier alpha value is -2.57. The van der Waals surface area contributed by atoms with Crippen molar-refractivity contribution in [3.05, 3.63) is 77.8 Å². The van der Waals surface area contributed by atoms with Crippen LogP contribution in [0.5, 0.6) is 0 Å². The van der Waals surface area contributed by atoms with Gasteiger partial charge in [-0.15, -0.1) is 0 Å². The minimum absolute atomic E-state index is 0.213. The lowest BCUT2D eigenvalue weighted by Gasteiger charge is -2.35. The van der Waals surface area contributed by atoms with E-state index in [-0.39, 0.29) is 17.2 Å². The topological polar surface area (TPSA) is 30.3 Å². The molecular formula is C22H21F2N3O. The van der Waals surface area contributed by atoms with E-state index in [0.29, 0.717) is 13.2 Å². The molecule has 3 aromatic rings. The van der Waals surface area contributed by atoms with Crippen molar-refractivity contribution in [2.75, 3.05) is 13.1 Å². The first-order chi connectivity index (χ1) is 13.6. The molecule has 0 unspecified atom stereocenters. The second-order valence-corrected chi connectivity index (χ2v) is 7.71. The predicted molar refractivity (Wildman–Crippen MR) is 101 cm³/mol. The summed E-state index contributed by atoms with van der Waals surface area (Å²) in [6.45, 7) is 3.67. The van der Waals surface area contributed by atoms with Crippen LogP contribution in [0.2, 0.25) is 0 Å². The largest absolute Gasteiger partial charge is 0.364 e. The van der Waals surface area contributed by atoms with Crippen LogP contribution in [0.4, 0.5) is 8.78 Å². The van der Waals surface area contributed by atoms with Crippen LogP contribution in [0, 0.1) is 11.6 Å². The Labute approximate surface area is 162 Å². The minimum atomic E-state index is -0.268. The first-order valence-corrected chi connectivity index (χ1v) is 9.51. The van der Waals surface area contributed by atoms with Gasteiger partial charge in [0.2, 0.25) is 0 Å². The number of aromatic nitrogens is 2. The van der Waals surface area contributed by atoms with Crippen LogP contribution >= 0.6 is 0 Å². The molecule has 2 aromatic carbocycles. The molecule has 1 atom stereocenters. The molecule has 1 spiro atoms. The highest BCUT2D eigenvalue weighted by atomic mass is 19.1. The zero-order valence-corrected chi connectivity index (χ0v) is 15.4. The Bertz CT molecular complexity index is 1000. The molecule has 5 rings (SSSR count). The van der Waals surface area contributed by atoms with Gasteiger partial charge in [-0.1, -0.05) is 24.3 Å². The number of likely N-dealkylation sites (tertiary alicyclic amines) is 1. The Balaban J connectivity index is 1.35. The molecule has 2 aliphatic heterocycles. The number of nitrogens with zero attached hydrogens (tertiary/aromatic N) is 3. The van der Waals surface area contributed by atoms with Gasteiger partial charge in [-0.3, -0.25) is 4.90 Å². The molecule has 0 saturated carbocycles. The lowest BCUT2D eigenvalue weighted by molar-refractivity contribution is -0.0821. The van der Waals surface area contributed by atoms with Crippen LogP contribution < -0.4 is 0 Å². The maximum Gasteiger partial charge on any atom is 0.135 e. The molecule has 0 bridgehead atoms. The molecule has 2 aliphatic rings. The van der Waals surface area contributed by atoms with Crippen LogP contribution in [-0.4, -0.2) is 33.1 Å². The van der Waals surface area contributed by atoms with Crippen LogP contribution in [0.3, 0.4) is 0 Å². The van der Waals surface area contributed by atoms with Gasteiger partial charge in [0.1, 0.15) is 29.7 Å². The molecule has 1 aromatic heterocycles. The Kier molecular flexibility index (Phi) is 4.25. The van der Waals surface area contributed by atoms with Gasteiger partial charge >= 0.3 is 0 Å². The van der Waals surface area contributed by atoms with Crippen LogP contribution in [0.25, 0.3) is 11.3 Å². The van der Waals surface area contributed by atoms with Crippen molar-refractivity contribution < 1.29 is 13.5 Å². The van der Waals surface area contributed by atoms with E-state index in [4.69, 9.17) is 4.74 Å². The normalized spacial score (nSPS) is 21.9. The summed E-state index contributed by atoms with van der Waals surface area (Å²) in [7, 11) is 0. The average Bonchev–Trinajstić information content (AvgIpc) is 3.28. The Morgan fingerprint density at radius 3 is 2.71 bits per heavy atom. The molecule has 4 nitrogen and oxygen atoms in total. The second kappa shape index (κ2) is 6.79. The number of rotatable bonds is 3. The molecule has 0 amide bonds. The maximum atomic E-state index is 13.7. The predicted octanol–water partition coefficient (Wildman–Crippen LogP) is 4.00. The second-order valence-electron chi connectivity index (χ2n) is 7.71. The third-order valence-electron chi connectivity index (χ3n) is 5.73. The number of imidazole rings is 1. The molecule has 144 valence electrons. The highest BCUT2D eigenvalue weighted by molar-refractivity contribution is 5.59. The summed E-state index contributed by atoms with van der Waals surface area (Å²) in [4.78, 5) is 6.82. The molecular weight excluding hydrogens is 360 g/mol. The third-order valence-corrected chi connectivity index (χ3v) is 5.73. The number of ether oxygens (including phenoxy) is 1. The summed E-state index contributed by atoms with van der Waals surface area (Å²) in [6, 6.07) is 13.3. The number of benzene rings is 2. The monoisotopic (exact) mass is 381 g/mol. The molecule has 0 aliphatic carbocycles. The number of fused-ring (bicyclic) bond motifs is 1. The van der Waals surface area contributed by atoms with E-state index in [0.717, 1.165) is 48.7 Å². The highest BCUT2D eigenvalue weighted by Gasteiger charge is 2.43. The lowest BCUT2D eigenvalue weighted by Crippen LogP contribution is -2.44. The summed E-state index contributed by atoms with van der Waals surface area (Å²) in [5.74, 6) is 0.415. The Morgan fingerprint density at radius 1 is 1.04 bits per heavy atom. The zero-order valence-electron chi connectivity index (χ0n) is 15.4. The highest BCUT2D eigenvalue weighted by Crippen LogP contribution is 2.35. The van der Waals surface area contributed by atoms with E-state index in [1.807, 2.05) is 18.2 Å². The van der Waals surface area contributed by atoms with Gasteiger partial charge in [-0.05, 0) is 36.2 Å². The van der Waals surface area contributed by atoms with Crippen molar-refractivity contribution in [3.8, 4) is 11.3 Å². The molecule has 0 radical (unpaired) electrons. The fraction of sp³-hybridized carbons (Fsp3) is 0.318. The summed E-state index contributed by atoms with van der Waals surface area (Å²) < 4.78 is 35.2. The van der Waals surface area contributed by atoms with Gasteiger partial charge < -0.3 is 9.30 Å². The average molecular weight is 381 g/mol. The van der Waals surface area contributed by atoms with Gasteiger partial charge in [-0.25, -0.2) is 13.8 Å². The van der Waals surface area contributed by atoms with E-state index in [2.05, 4.69) is 14.5 Å². The molecule has 1 saturated heterocycles. The van der Waals surface area contributed by atoms with E-state index in [1.165, 1.54) is 18.2 Å². The first-order valence-electron chi connectivity index (χ1n) is 9.51. The summed E-state index contributed by atoms with van der Waals surface area (Å²) in [6.07, 6.45) is 2.73.